The number of nitrogens with zero attached hydrogens (tertiary/aromatic N) is 1. The zero-order valence-corrected chi connectivity index (χ0v) is 17.0. The fourth-order valence-corrected chi connectivity index (χ4v) is 3.12. The SMILES string of the molecule is CC(O)C(NC(=O)C(CO)NC(=O)C(Cc1cnc[nH]1)NC(=O)C1CCCN1)C(=O)O. The number of carboxylic acid groups (broad SMARTS) is 1. The predicted octanol–water partition coefficient (Wildman–Crippen LogP) is -3.38. The van der Waals surface area contributed by atoms with Crippen LogP contribution in [0.2, 0.25) is 0 Å². The minimum Gasteiger partial charge on any atom is -0.480 e. The third-order valence-corrected chi connectivity index (χ3v) is 4.85. The van der Waals surface area contributed by atoms with Gasteiger partial charge in [0.05, 0.1) is 25.1 Å². The predicted molar refractivity (Wildman–Crippen MR) is 106 cm³/mol. The van der Waals surface area contributed by atoms with Crippen molar-refractivity contribution in [3.05, 3.63) is 18.2 Å². The zero-order chi connectivity index (χ0) is 23.0. The van der Waals surface area contributed by atoms with Crippen LogP contribution in [0.4, 0.5) is 0 Å². The lowest BCUT2D eigenvalue weighted by Crippen LogP contribution is -2.59. The van der Waals surface area contributed by atoms with Crippen LogP contribution in [0.3, 0.4) is 0 Å². The summed E-state index contributed by atoms with van der Waals surface area (Å²) >= 11 is 0. The van der Waals surface area contributed by atoms with Crippen LogP contribution in [0.1, 0.15) is 25.5 Å². The van der Waals surface area contributed by atoms with E-state index in [4.69, 9.17) is 5.11 Å². The number of aliphatic hydroxyl groups excluding tert-OH is 2. The van der Waals surface area contributed by atoms with E-state index in [1.165, 1.54) is 19.4 Å². The van der Waals surface area contributed by atoms with Gasteiger partial charge in [-0.1, -0.05) is 0 Å². The van der Waals surface area contributed by atoms with Gasteiger partial charge in [-0.2, -0.15) is 0 Å². The Labute approximate surface area is 178 Å². The van der Waals surface area contributed by atoms with E-state index in [1.54, 1.807) is 0 Å². The Morgan fingerprint density at radius 3 is 2.42 bits per heavy atom. The lowest BCUT2D eigenvalue weighted by Gasteiger charge is -2.24. The van der Waals surface area contributed by atoms with Crippen LogP contribution in [-0.4, -0.2) is 92.4 Å². The molecule has 0 radical (unpaired) electrons. The molecule has 0 bridgehead atoms. The smallest absolute Gasteiger partial charge is 0.328 e. The molecule has 13 heteroatoms. The Hall–Kier alpha value is -3.03. The molecule has 5 atom stereocenters. The number of aromatic nitrogens is 2. The molecule has 8 N–H and O–H groups in total. The van der Waals surface area contributed by atoms with Gasteiger partial charge in [0.1, 0.15) is 12.1 Å². The van der Waals surface area contributed by atoms with Gasteiger partial charge >= 0.3 is 5.97 Å². The molecule has 31 heavy (non-hydrogen) atoms. The third-order valence-electron chi connectivity index (χ3n) is 4.85. The maximum absolute atomic E-state index is 12.8. The second-order valence-electron chi connectivity index (χ2n) is 7.30. The van der Waals surface area contributed by atoms with Crippen molar-refractivity contribution in [1.82, 2.24) is 31.2 Å². The Morgan fingerprint density at radius 2 is 1.90 bits per heavy atom. The van der Waals surface area contributed by atoms with Crippen LogP contribution in [0.15, 0.2) is 12.5 Å². The molecule has 1 aliphatic rings. The number of aliphatic carboxylic acids is 1. The van der Waals surface area contributed by atoms with Crippen molar-refractivity contribution in [3.8, 4) is 0 Å². The lowest BCUT2D eigenvalue weighted by molar-refractivity contribution is -0.145. The van der Waals surface area contributed by atoms with E-state index in [0.29, 0.717) is 18.7 Å². The molecule has 1 aromatic heterocycles. The maximum Gasteiger partial charge on any atom is 0.328 e. The minimum atomic E-state index is -1.62. The van der Waals surface area contributed by atoms with Crippen molar-refractivity contribution in [3.63, 3.8) is 0 Å². The van der Waals surface area contributed by atoms with Crippen molar-refractivity contribution < 1.29 is 34.5 Å². The van der Waals surface area contributed by atoms with Crippen LogP contribution >= 0.6 is 0 Å². The molecule has 5 unspecified atom stereocenters. The number of aromatic amines is 1. The molecule has 0 aliphatic carbocycles. The van der Waals surface area contributed by atoms with E-state index in [2.05, 4.69) is 31.2 Å². The molecule has 1 fully saturated rings. The van der Waals surface area contributed by atoms with Gasteiger partial charge in [0.15, 0.2) is 6.04 Å². The van der Waals surface area contributed by atoms with Gasteiger partial charge < -0.3 is 41.6 Å². The van der Waals surface area contributed by atoms with E-state index >= 15 is 0 Å². The summed E-state index contributed by atoms with van der Waals surface area (Å²) in [6, 6.07) is -4.62. The van der Waals surface area contributed by atoms with Gasteiger partial charge in [-0.15, -0.1) is 0 Å². The van der Waals surface area contributed by atoms with E-state index in [9.17, 15) is 29.4 Å². The van der Waals surface area contributed by atoms with Gasteiger partial charge in [0.2, 0.25) is 17.7 Å². The summed E-state index contributed by atoms with van der Waals surface area (Å²) in [4.78, 5) is 55.5. The third kappa shape index (κ3) is 7.01. The maximum atomic E-state index is 12.8. The summed E-state index contributed by atoms with van der Waals surface area (Å²) < 4.78 is 0. The summed E-state index contributed by atoms with van der Waals surface area (Å²) in [5.41, 5.74) is 0.560. The molecule has 0 saturated carbocycles. The number of carbonyl (C=O) groups excluding carboxylic acids is 3. The molecule has 13 nitrogen and oxygen atoms in total. The number of imidazole rings is 1. The normalized spacial score (nSPS) is 19.6. The fraction of sp³-hybridized carbons (Fsp3) is 0.611. The number of carboxylic acids is 1. The van der Waals surface area contributed by atoms with Gasteiger partial charge in [-0.3, -0.25) is 14.4 Å². The zero-order valence-electron chi connectivity index (χ0n) is 17.0. The average Bonchev–Trinajstić information content (AvgIpc) is 3.42. The molecule has 3 amide bonds. The molecule has 2 heterocycles. The van der Waals surface area contributed by atoms with Gasteiger partial charge in [-0.05, 0) is 26.3 Å². The highest BCUT2D eigenvalue weighted by Crippen LogP contribution is 2.07. The number of aliphatic hydroxyl groups is 2. The molecule has 0 spiro atoms. The average molecular weight is 440 g/mol. The molecule has 2 rings (SSSR count). The van der Waals surface area contributed by atoms with E-state index in [0.717, 1.165) is 6.42 Å². The van der Waals surface area contributed by atoms with Crippen LogP contribution in [-0.2, 0) is 25.6 Å². The monoisotopic (exact) mass is 440 g/mol. The van der Waals surface area contributed by atoms with E-state index in [1.807, 2.05) is 0 Å². The highest BCUT2D eigenvalue weighted by Gasteiger charge is 2.32. The highest BCUT2D eigenvalue weighted by molar-refractivity contribution is 5.94. The molecule has 1 aromatic rings. The van der Waals surface area contributed by atoms with Crippen molar-refractivity contribution in [2.45, 2.75) is 56.5 Å². The van der Waals surface area contributed by atoms with Crippen molar-refractivity contribution >= 4 is 23.7 Å². The fourth-order valence-electron chi connectivity index (χ4n) is 3.12. The second-order valence-corrected chi connectivity index (χ2v) is 7.30. The Bertz CT molecular complexity index is 763. The first-order chi connectivity index (χ1) is 14.7. The highest BCUT2D eigenvalue weighted by atomic mass is 16.4. The van der Waals surface area contributed by atoms with Crippen molar-refractivity contribution in [2.75, 3.05) is 13.2 Å². The standard InChI is InChI=1S/C18H28N6O7/c1-9(26)14(18(30)31)24-17(29)13(7-25)23-16(28)12(5-10-6-19-8-21-10)22-15(27)11-3-2-4-20-11/h6,8-9,11-14,20,25-26H,2-5,7H2,1H3,(H,19,21)(H,22,27)(H,23,28)(H,24,29)(H,30,31). The van der Waals surface area contributed by atoms with Crippen LogP contribution < -0.4 is 21.3 Å². The summed E-state index contributed by atoms with van der Waals surface area (Å²) in [7, 11) is 0. The number of hydrogen-bond acceptors (Lipinski definition) is 8. The van der Waals surface area contributed by atoms with E-state index < -0.39 is 54.7 Å². The van der Waals surface area contributed by atoms with Gasteiger partial charge in [-0.25, -0.2) is 9.78 Å². The van der Waals surface area contributed by atoms with E-state index in [-0.39, 0.29) is 12.3 Å². The summed E-state index contributed by atoms with van der Waals surface area (Å²) in [6.07, 6.45) is 3.00. The number of nitrogens with one attached hydrogen (secondary N) is 5. The number of carbonyl (C=O) groups is 4. The largest absolute Gasteiger partial charge is 0.480 e. The van der Waals surface area contributed by atoms with Crippen LogP contribution in [0.25, 0.3) is 0 Å². The summed E-state index contributed by atoms with van der Waals surface area (Å²) in [6.45, 7) is 1.05. The van der Waals surface area contributed by atoms with Gasteiger partial charge in [0.25, 0.3) is 0 Å². The number of amides is 3. The van der Waals surface area contributed by atoms with Crippen LogP contribution in [0.5, 0.6) is 0 Å². The van der Waals surface area contributed by atoms with Crippen molar-refractivity contribution in [2.24, 2.45) is 0 Å². The molecule has 1 saturated heterocycles. The molecular weight excluding hydrogens is 412 g/mol. The summed E-state index contributed by atoms with van der Waals surface area (Å²) in [5, 5.41) is 38.1. The molecule has 172 valence electrons. The van der Waals surface area contributed by atoms with Crippen LogP contribution in [0, 0.1) is 0 Å². The molecule has 1 aliphatic heterocycles. The first-order valence-corrected chi connectivity index (χ1v) is 9.86. The molecular formula is C18H28N6O7. The van der Waals surface area contributed by atoms with Crippen molar-refractivity contribution in [1.29, 1.82) is 0 Å². The number of rotatable bonds is 11. The topological polar surface area (TPSA) is 206 Å². The molecule has 0 aromatic carbocycles. The Kier molecular flexibility index (Phi) is 8.90. The van der Waals surface area contributed by atoms with Gasteiger partial charge in [0, 0.05) is 18.3 Å². The Balaban J connectivity index is 2.07. The quantitative estimate of drug-likeness (QED) is 0.172. The first kappa shape index (κ1) is 24.2. The Morgan fingerprint density at radius 1 is 1.19 bits per heavy atom. The number of H-pyrrole nitrogens is 1. The minimum absolute atomic E-state index is 0.0511. The second kappa shape index (κ2) is 11.4. The lowest BCUT2D eigenvalue weighted by atomic mass is 10.1. The summed E-state index contributed by atoms with van der Waals surface area (Å²) in [5.74, 6) is -3.59. The number of hydrogen-bond donors (Lipinski definition) is 8. The first-order valence-electron chi connectivity index (χ1n) is 9.86.